The van der Waals surface area contributed by atoms with Crippen molar-refractivity contribution < 1.29 is 9.47 Å². The van der Waals surface area contributed by atoms with Crippen LogP contribution in [0.3, 0.4) is 0 Å². The fourth-order valence-electron chi connectivity index (χ4n) is 4.01. The molecule has 1 aromatic heterocycles. The van der Waals surface area contributed by atoms with E-state index >= 15 is 0 Å². The van der Waals surface area contributed by atoms with E-state index in [0.29, 0.717) is 6.54 Å². The van der Waals surface area contributed by atoms with Crippen molar-refractivity contribution >= 4 is 5.96 Å². The van der Waals surface area contributed by atoms with E-state index in [1.54, 1.807) is 7.11 Å². The highest BCUT2D eigenvalue weighted by Crippen LogP contribution is 2.34. The lowest BCUT2D eigenvalue weighted by Crippen LogP contribution is -2.23. The highest BCUT2D eigenvalue weighted by Gasteiger charge is 2.20. The van der Waals surface area contributed by atoms with Gasteiger partial charge < -0.3 is 25.5 Å². The van der Waals surface area contributed by atoms with Gasteiger partial charge in [-0.05, 0) is 79.8 Å². The Morgan fingerprint density at radius 3 is 2.45 bits per heavy atom. The molecule has 170 valence electrons. The Kier molecular flexibility index (Phi) is 7.21. The summed E-state index contributed by atoms with van der Waals surface area (Å²) in [5.41, 5.74) is 14.2. The van der Waals surface area contributed by atoms with E-state index in [1.165, 1.54) is 12.8 Å². The molecule has 0 spiro atoms. The van der Waals surface area contributed by atoms with Crippen molar-refractivity contribution in [3.63, 3.8) is 0 Å². The first-order valence-corrected chi connectivity index (χ1v) is 11.3. The van der Waals surface area contributed by atoms with Crippen molar-refractivity contribution in [2.75, 3.05) is 13.7 Å². The van der Waals surface area contributed by atoms with Crippen molar-refractivity contribution in [3.8, 4) is 29.0 Å². The summed E-state index contributed by atoms with van der Waals surface area (Å²) in [6.07, 6.45) is 8.81. The lowest BCUT2D eigenvalue weighted by atomic mass is 9.98. The van der Waals surface area contributed by atoms with Gasteiger partial charge in [-0.2, -0.15) is 0 Å². The summed E-state index contributed by atoms with van der Waals surface area (Å²) in [6, 6.07) is 18.1. The number of benzene rings is 2. The minimum atomic E-state index is -0.187. The Balaban J connectivity index is 1.59. The molecule has 4 N–H and O–H groups in total. The van der Waals surface area contributed by atoms with Crippen molar-refractivity contribution in [2.24, 2.45) is 16.5 Å². The first kappa shape index (κ1) is 22.3. The summed E-state index contributed by atoms with van der Waals surface area (Å²) in [4.78, 5) is 4.23. The number of hydrogen-bond donors (Lipinski definition) is 2. The maximum Gasteiger partial charge on any atom is 0.185 e. The molecule has 1 heterocycles. The van der Waals surface area contributed by atoms with Gasteiger partial charge >= 0.3 is 0 Å². The predicted octanol–water partition coefficient (Wildman–Crippen LogP) is 4.22. The lowest BCUT2D eigenvalue weighted by molar-refractivity contribution is 0.200. The van der Waals surface area contributed by atoms with Gasteiger partial charge in [0.15, 0.2) is 17.5 Å². The van der Waals surface area contributed by atoms with Crippen LogP contribution in [0, 0.1) is 11.8 Å². The zero-order valence-corrected chi connectivity index (χ0v) is 18.9. The van der Waals surface area contributed by atoms with Gasteiger partial charge in [-0.3, -0.25) is 4.99 Å². The zero-order valence-electron chi connectivity index (χ0n) is 18.9. The third-order valence-electron chi connectivity index (χ3n) is 5.80. The van der Waals surface area contributed by atoms with Gasteiger partial charge in [0.25, 0.3) is 0 Å². The van der Waals surface area contributed by atoms with Crippen LogP contribution >= 0.6 is 0 Å². The van der Waals surface area contributed by atoms with E-state index in [2.05, 4.69) is 33.5 Å². The SMILES string of the molecule is COc1ccc(C(C#Cc2ccc(-n3cccc3)cc2)CN=C(N)N)cc1OC1CCCC1. The number of rotatable bonds is 7. The van der Waals surface area contributed by atoms with Crippen molar-refractivity contribution in [1.82, 2.24) is 4.57 Å². The summed E-state index contributed by atoms with van der Waals surface area (Å²) < 4.78 is 13.9. The molecule has 1 atom stereocenters. The van der Waals surface area contributed by atoms with Crippen LogP contribution in [0.25, 0.3) is 5.69 Å². The number of aliphatic imine (C=N–C) groups is 1. The number of nitrogens with zero attached hydrogens (tertiary/aromatic N) is 2. The zero-order chi connectivity index (χ0) is 23.0. The van der Waals surface area contributed by atoms with E-state index in [4.69, 9.17) is 20.9 Å². The lowest BCUT2D eigenvalue weighted by Gasteiger charge is -2.18. The molecule has 0 radical (unpaired) electrons. The summed E-state index contributed by atoms with van der Waals surface area (Å²) >= 11 is 0. The molecular weight excluding hydrogens is 412 g/mol. The molecule has 1 unspecified atom stereocenters. The van der Waals surface area contributed by atoms with E-state index in [-0.39, 0.29) is 18.0 Å². The standard InChI is InChI=1S/C27H30N4O2/c1-32-25-15-12-21(18-26(25)33-24-6-2-3-7-24)22(19-30-27(28)29)11-8-20-9-13-23(14-10-20)31-16-4-5-17-31/h4-5,9-10,12-18,22,24H,2-3,6-7,19H2,1H3,(H4,28,29,30). The molecule has 6 heteroatoms. The highest BCUT2D eigenvalue weighted by molar-refractivity contribution is 5.75. The second-order valence-corrected chi connectivity index (χ2v) is 8.16. The number of ether oxygens (including phenoxy) is 2. The molecule has 0 aliphatic heterocycles. The molecule has 3 aromatic rings. The van der Waals surface area contributed by atoms with Crippen LogP contribution in [0.15, 0.2) is 72.0 Å². The fraction of sp³-hybridized carbons (Fsp3) is 0.296. The summed E-state index contributed by atoms with van der Waals surface area (Å²) in [5.74, 6) is 7.96. The molecule has 0 bridgehead atoms. The van der Waals surface area contributed by atoms with E-state index < -0.39 is 0 Å². The number of hydrogen-bond acceptors (Lipinski definition) is 3. The number of nitrogens with two attached hydrogens (primary N) is 2. The number of aromatic nitrogens is 1. The van der Waals surface area contributed by atoms with Crippen LogP contribution in [0.1, 0.15) is 42.7 Å². The molecular formula is C27H30N4O2. The molecule has 4 rings (SSSR count). The quantitative estimate of drug-likeness (QED) is 0.326. The fourth-order valence-corrected chi connectivity index (χ4v) is 4.01. The normalized spacial score (nSPS) is 14.2. The molecule has 1 fully saturated rings. The monoisotopic (exact) mass is 442 g/mol. The maximum absolute atomic E-state index is 6.26. The molecule has 1 saturated carbocycles. The first-order chi connectivity index (χ1) is 16.1. The van der Waals surface area contributed by atoms with Gasteiger partial charge in [0.1, 0.15) is 0 Å². The summed E-state index contributed by atoms with van der Waals surface area (Å²) in [7, 11) is 1.66. The molecule has 33 heavy (non-hydrogen) atoms. The second-order valence-electron chi connectivity index (χ2n) is 8.16. The Hall–Kier alpha value is -3.85. The topological polar surface area (TPSA) is 87.8 Å². The van der Waals surface area contributed by atoms with E-state index in [9.17, 15) is 0 Å². The Labute approximate surface area is 195 Å². The summed E-state index contributed by atoms with van der Waals surface area (Å²) in [6.45, 7) is 0.367. The van der Waals surface area contributed by atoms with Gasteiger partial charge in [0.05, 0.1) is 25.7 Å². The molecule has 6 nitrogen and oxygen atoms in total. The third kappa shape index (κ3) is 5.89. The van der Waals surface area contributed by atoms with Crippen LogP contribution in [0.5, 0.6) is 11.5 Å². The number of methoxy groups -OCH3 is 1. The highest BCUT2D eigenvalue weighted by atomic mass is 16.5. The maximum atomic E-state index is 6.26. The predicted molar refractivity (Wildman–Crippen MR) is 132 cm³/mol. The van der Waals surface area contributed by atoms with Crippen LogP contribution in [0.2, 0.25) is 0 Å². The van der Waals surface area contributed by atoms with Crippen LogP contribution < -0.4 is 20.9 Å². The molecule has 0 saturated heterocycles. The molecule has 1 aliphatic carbocycles. The van der Waals surface area contributed by atoms with Crippen molar-refractivity contribution in [1.29, 1.82) is 0 Å². The van der Waals surface area contributed by atoms with Gasteiger partial charge in [-0.1, -0.05) is 17.9 Å². The number of guanidine groups is 1. The third-order valence-corrected chi connectivity index (χ3v) is 5.80. The minimum absolute atomic E-state index is 0.0498. The van der Waals surface area contributed by atoms with Gasteiger partial charge in [0, 0.05) is 23.6 Å². The van der Waals surface area contributed by atoms with Gasteiger partial charge in [-0.15, -0.1) is 0 Å². The van der Waals surface area contributed by atoms with E-state index in [0.717, 1.165) is 41.2 Å². The van der Waals surface area contributed by atoms with Crippen molar-refractivity contribution in [3.05, 3.63) is 78.1 Å². The van der Waals surface area contributed by atoms with Crippen LogP contribution in [-0.4, -0.2) is 30.3 Å². The average molecular weight is 443 g/mol. The van der Waals surface area contributed by atoms with Crippen LogP contribution in [0.4, 0.5) is 0 Å². The van der Waals surface area contributed by atoms with Gasteiger partial charge in [0.2, 0.25) is 0 Å². The Morgan fingerprint density at radius 2 is 1.79 bits per heavy atom. The average Bonchev–Trinajstić information content (AvgIpc) is 3.54. The van der Waals surface area contributed by atoms with E-state index in [1.807, 2.05) is 54.9 Å². The Morgan fingerprint density at radius 1 is 1.06 bits per heavy atom. The second kappa shape index (κ2) is 10.6. The molecule has 2 aromatic carbocycles. The summed E-state index contributed by atoms with van der Waals surface area (Å²) in [5, 5.41) is 0. The Bertz CT molecular complexity index is 1130. The van der Waals surface area contributed by atoms with Crippen LogP contribution in [-0.2, 0) is 0 Å². The molecule has 0 amide bonds. The van der Waals surface area contributed by atoms with Gasteiger partial charge in [-0.25, -0.2) is 0 Å². The molecule has 1 aliphatic rings. The van der Waals surface area contributed by atoms with Crippen molar-refractivity contribution in [2.45, 2.75) is 37.7 Å². The smallest absolute Gasteiger partial charge is 0.185 e. The largest absolute Gasteiger partial charge is 0.493 e. The first-order valence-electron chi connectivity index (χ1n) is 11.3. The minimum Gasteiger partial charge on any atom is -0.493 e.